The Labute approximate surface area is 184 Å². The van der Waals surface area contributed by atoms with Gasteiger partial charge < -0.3 is 9.50 Å². The average Bonchev–Trinajstić information content (AvgIpc) is 3.10. The maximum Gasteiger partial charge on any atom is 0.309 e. The molecule has 1 fully saturated rings. The van der Waals surface area contributed by atoms with Gasteiger partial charge in [0.1, 0.15) is 17.2 Å². The van der Waals surface area contributed by atoms with Crippen LogP contribution in [0.1, 0.15) is 57.4 Å². The Bertz CT molecular complexity index is 1150. The number of fused-ring (bicyclic) bond motifs is 1. The van der Waals surface area contributed by atoms with E-state index in [9.17, 15) is 8.42 Å². The van der Waals surface area contributed by atoms with Crippen LogP contribution in [0.25, 0.3) is 16.9 Å². The van der Waals surface area contributed by atoms with Crippen molar-refractivity contribution in [1.82, 2.24) is 9.38 Å². The zero-order valence-electron chi connectivity index (χ0n) is 18.3. The highest BCUT2D eigenvalue weighted by atomic mass is 32.2. The van der Waals surface area contributed by atoms with Gasteiger partial charge in [-0.15, -0.1) is 0 Å². The summed E-state index contributed by atoms with van der Waals surface area (Å²) in [5.41, 5.74) is 3.36. The summed E-state index contributed by atoms with van der Waals surface area (Å²) < 4.78 is 32.6. The Kier molecular flexibility index (Phi) is 6.51. The minimum absolute atomic E-state index is 0.00930. The topological polar surface area (TPSA) is 72.7 Å². The van der Waals surface area contributed by atoms with E-state index in [-0.39, 0.29) is 5.75 Å². The molecule has 1 saturated carbocycles. The Morgan fingerprint density at radius 1 is 1.16 bits per heavy atom. The van der Waals surface area contributed by atoms with Gasteiger partial charge in [0.15, 0.2) is 5.75 Å². The highest BCUT2D eigenvalue weighted by Gasteiger charge is 2.23. The van der Waals surface area contributed by atoms with Crippen LogP contribution in [0.15, 0.2) is 42.6 Å². The zero-order chi connectivity index (χ0) is 21.8. The number of anilines is 1. The molecular formula is C24H31N3O3S. The monoisotopic (exact) mass is 441 g/mol. The number of hydrogen-bond donors (Lipinski definition) is 1. The summed E-state index contributed by atoms with van der Waals surface area (Å²) in [5.74, 6) is 1.23. The summed E-state index contributed by atoms with van der Waals surface area (Å²) in [5, 5.41) is 3.71. The van der Waals surface area contributed by atoms with E-state index in [1.807, 2.05) is 38.2 Å². The number of nitrogens with zero attached hydrogens (tertiary/aromatic N) is 2. The fourth-order valence-electron chi connectivity index (χ4n) is 4.15. The van der Waals surface area contributed by atoms with E-state index in [1.165, 1.54) is 19.3 Å². The molecule has 0 aliphatic heterocycles. The molecule has 0 radical (unpaired) electrons. The molecule has 0 amide bonds. The number of unbranched alkanes of at least 4 members (excludes halogenated alkanes) is 1. The molecule has 3 aromatic rings. The largest absolute Gasteiger partial charge is 0.382 e. The van der Waals surface area contributed by atoms with E-state index in [0.29, 0.717) is 23.8 Å². The Morgan fingerprint density at radius 3 is 2.71 bits per heavy atom. The van der Waals surface area contributed by atoms with Gasteiger partial charge in [0.05, 0.1) is 5.75 Å². The van der Waals surface area contributed by atoms with Crippen LogP contribution in [0, 0.1) is 6.92 Å². The molecule has 1 aliphatic carbocycles. The maximum absolute atomic E-state index is 12.5. The van der Waals surface area contributed by atoms with E-state index in [1.54, 1.807) is 12.1 Å². The second-order valence-electron chi connectivity index (χ2n) is 8.42. The van der Waals surface area contributed by atoms with Crippen LogP contribution in [0.5, 0.6) is 5.75 Å². The third-order valence-electron chi connectivity index (χ3n) is 5.83. The van der Waals surface area contributed by atoms with Gasteiger partial charge in [-0.1, -0.05) is 44.7 Å². The second-order valence-corrected chi connectivity index (χ2v) is 10.1. The first-order chi connectivity index (χ1) is 15.0. The maximum atomic E-state index is 12.5. The van der Waals surface area contributed by atoms with Crippen molar-refractivity contribution in [2.45, 2.75) is 64.8 Å². The first kappa shape index (κ1) is 21.7. The van der Waals surface area contributed by atoms with Gasteiger partial charge in [0.25, 0.3) is 0 Å². The predicted octanol–water partition coefficient (Wildman–Crippen LogP) is 5.56. The van der Waals surface area contributed by atoms with Gasteiger partial charge in [-0.2, -0.15) is 8.42 Å². The number of pyridine rings is 1. The van der Waals surface area contributed by atoms with Gasteiger partial charge >= 0.3 is 10.1 Å². The lowest BCUT2D eigenvalue weighted by molar-refractivity contribution is 0.461. The summed E-state index contributed by atoms with van der Waals surface area (Å²) in [7, 11) is -3.66. The van der Waals surface area contributed by atoms with Crippen molar-refractivity contribution in [1.29, 1.82) is 0 Å². The first-order valence-corrected chi connectivity index (χ1v) is 12.8. The minimum atomic E-state index is -3.66. The van der Waals surface area contributed by atoms with E-state index >= 15 is 0 Å². The molecule has 0 unspecified atom stereocenters. The molecule has 6 nitrogen and oxygen atoms in total. The summed E-state index contributed by atoms with van der Waals surface area (Å²) in [4.78, 5) is 4.89. The number of hydrogen-bond acceptors (Lipinski definition) is 5. The van der Waals surface area contributed by atoms with Crippen molar-refractivity contribution in [2.75, 3.05) is 11.1 Å². The first-order valence-electron chi connectivity index (χ1n) is 11.2. The molecule has 2 heterocycles. The normalized spacial score (nSPS) is 15.3. The molecule has 31 heavy (non-hydrogen) atoms. The predicted molar refractivity (Wildman–Crippen MR) is 125 cm³/mol. The second kappa shape index (κ2) is 9.30. The van der Waals surface area contributed by atoms with Gasteiger partial charge in [-0.3, -0.25) is 4.40 Å². The molecule has 0 spiro atoms. The molecule has 166 valence electrons. The molecule has 0 saturated heterocycles. The summed E-state index contributed by atoms with van der Waals surface area (Å²) in [6.45, 7) is 4.01. The number of benzene rings is 1. The summed E-state index contributed by atoms with van der Waals surface area (Å²) in [6.07, 6.45) is 9.37. The molecule has 2 aromatic heterocycles. The van der Waals surface area contributed by atoms with Crippen LogP contribution in [0.3, 0.4) is 0 Å². The fraction of sp³-hybridized carbons (Fsp3) is 0.458. The van der Waals surface area contributed by atoms with E-state index in [2.05, 4.69) is 15.8 Å². The lowest BCUT2D eigenvalue weighted by Crippen LogP contribution is -2.23. The lowest BCUT2D eigenvalue weighted by Gasteiger charge is -2.24. The molecular weight excluding hydrogens is 410 g/mol. The van der Waals surface area contributed by atoms with Crippen molar-refractivity contribution in [3.05, 3.63) is 48.2 Å². The molecule has 0 bridgehead atoms. The number of para-hydroxylation sites is 1. The van der Waals surface area contributed by atoms with Gasteiger partial charge in [-0.25, -0.2) is 4.98 Å². The number of aromatic nitrogens is 2. The van der Waals surface area contributed by atoms with Crippen molar-refractivity contribution in [2.24, 2.45) is 0 Å². The highest BCUT2D eigenvalue weighted by Crippen LogP contribution is 2.37. The molecule has 1 aromatic carbocycles. The third-order valence-corrected chi connectivity index (χ3v) is 7.06. The SMILES string of the molecule is CCCCS(=O)(=O)Oc1ccccc1-c1nc2cc(C)ccn2c1NC1CCCCC1. The molecule has 1 N–H and O–H groups in total. The molecule has 0 atom stereocenters. The Morgan fingerprint density at radius 2 is 1.94 bits per heavy atom. The number of imidazole rings is 1. The van der Waals surface area contributed by atoms with Crippen LogP contribution < -0.4 is 9.50 Å². The van der Waals surface area contributed by atoms with Crippen LogP contribution in [0.4, 0.5) is 5.82 Å². The van der Waals surface area contributed by atoms with E-state index in [0.717, 1.165) is 42.0 Å². The summed E-state index contributed by atoms with van der Waals surface area (Å²) in [6, 6.07) is 11.8. The quantitative estimate of drug-likeness (QED) is 0.463. The number of aryl methyl sites for hydroxylation is 1. The van der Waals surface area contributed by atoms with Crippen LogP contribution in [0.2, 0.25) is 0 Å². The third kappa shape index (κ3) is 5.03. The summed E-state index contributed by atoms with van der Waals surface area (Å²) >= 11 is 0. The Balaban J connectivity index is 1.78. The highest BCUT2D eigenvalue weighted by molar-refractivity contribution is 7.87. The Hall–Kier alpha value is -2.54. The van der Waals surface area contributed by atoms with E-state index < -0.39 is 10.1 Å². The van der Waals surface area contributed by atoms with Crippen LogP contribution in [-0.2, 0) is 10.1 Å². The van der Waals surface area contributed by atoms with Gasteiger partial charge in [-0.05, 0) is 56.0 Å². The van der Waals surface area contributed by atoms with Crippen molar-refractivity contribution >= 4 is 21.6 Å². The smallest absolute Gasteiger partial charge is 0.309 e. The zero-order valence-corrected chi connectivity index (χ0v) is 19.1. The van der Waals surface area contributed by atoms with Crippen molar-refractivity contribution in [3.8, 4) is 17.0 Å². The van der Waals surface area contributed by atoms with Crippen LogP contribution in [-0.4, -0.2) is 29.6 Å². The number of nitrogens with one attached hydrogen (secondary N) is 1. The van der Waals surface area contributed by atoms with E-state index in [4.69, 9.17) is 9.17 Å². The van der Waals surface area contributed by atoms with Crippen molar-refractivity contribution < 1.29 is 12.6 Å². The van der Waals surface area contributed by atoms with Crippen LogP contribution >= 0.6 is 0 Å². The molecule has 7 heteroatoms. The lowest BCUT2D eigenvalue weighted by atomic mass is 9.95. The van der Waals surface area contributed by atoms with Gasteiger partial charge in [0, 0.05) is 17.8 Å². The average molecular weight is 442 g/mol. The molecule has 4 rings (SSSR count). The minimum Gasteiger partial charge on any atom is -0.382 e. The standard InChI is InChI=1S/C24H31N3O3S/c1-3-4-16-31(28,29)30-21-13-9-8-12-20(21)23-24(25-19-10-6-5-7-11-19)27-15-14-18(2)17-22(27)26-23/h8-9,12-15,17,19,25H,3-7,10-11,16H2,1-2H3. The number of rotatable bonds is 8. The fourth-order valence-corrected chi connectivity index (χ4v) is 5.29. The van der Waals surface area contributed by atoms with Gasteiger partial charge in [0.2, 0.25) is 0 Å². The van der Waals surface area contributed by atoms with Crippen molar-refractivity contribution in [3.63, 3.8) is 0 Å². The molecule has 1 aliphatic rings.